The van der Waals surface area contributed by atoms with Crippen molar-refractivity contribution in [2.45, 2.75) is 13.0 Å². The molecule has 0 spiro atoms. The molecule has 25 heavy (non-hydrogen) atoms. The summed E-state index contributed by atoms with van der Waals surface area (Å²) in [5, 5.41) is 4.39. The minimum absolute atomic E-state index is 0.0407. The van der Waals surface area contributed by atoms with E-state index in [0.717, 1.165) is 11.3 Å². The third-order valence-corrected chi connectivity index (χ3v) is 4.35. The summed E-state index contributed by atoms with van der Waals surface area (Å²) in [5.41, 5.74) is 1.74. The third-order valence-electron chi connectivity index (χ3n) is 4.12. The molecule has 1 heterocycles. The average Bonchev–Trinajstić information content (AvgIpc) is 3.16. The first-order valence-electron chi connectivity index (χ1n) is 7.64. The van der Waals surface area contributed by atoms with E-state index < -0.39 is 11.7 Å². The second-order valence-electron chi connectivity index (χ2n) is 5.65. The van der Waals surface area contributed by atoms with Crippen molar-refractivity contribution in [1.82, 2.24) is 19.7 Å². The fraction of sp³-hybridized carbons (Fsp3) is 0.167. The van der Waals surface area contributed by atoms with Crippen LogP contribution in [0.2, 0.25) is 5.02 Å². The van der Waals surface area contributed by atoms with Gasteiger partial charge < -0.3 is 4.90 Å². The molecule has 3 rings (SSSR count). The van der Waals surface area contributed by atoms with E-state index in [-0.39, 0.29) is 11.6 Å². The van der Waals surface area contributed by atoms with Crippen molar-refractivity contribution in [2.24, 2.45) is 0 Å². The Balaban J connectivity index is 1.81. The van der Waals surface area contributed by atoms with E-state index in [4.69, 9.17) is 11.6 Å². The summed E-state index contributed by atoms with van der Waals surface area (Å²) in [6.07, 6.45) is 3.07. The van der Waals surface area contributed by atoms with Gasteiger partial charge in [-0.25, -0.2) is 14.1 Å². The minimum atomic E-state index is -0.588. The Morgan fingerprint density at radius 3 is 2.60 bits per heavy atom. The molecule has 0 fully saturated rings. The number of carbonyl (C=O) groups excluding carboxylic acids is 1. The topological polar surface area (TPSA) is 51.0 Å². The first-order valence-corrected chi connectivity index (χ1v) is 8.02. The predicted molar refractivity (Wildman–Crippen MR) is 93.3 cm³/mol. The van der Waals surface area contributed by atoms with Crippen molar-refractivity contribution >= 4 is 17.5 Å². The standard InChI is InChI=1S/C18H16ClFN4O/c1-12(13-3-6-15(7-4-13)24-11-21-10-22-24)23(2)18(25)16-9-14(19)5-8-17(16)20/h3-12H,1-2H3. The van der Waals surface area contributed by atoms with E-state index in [1.807, 2.05) is 31.2 Å². The van der Waals surface area contributed by atoms with Crippen molar-refractivity contribution in [3.05, 3.63) is 77.1 Å². The number of amides is 1. The van der Waals surface area contributed by atoms with Crippen LogP contribution in [0.25, 0.3) is 5.69 Å². The van der Waals surface area contributed by atoms with Gasteiger partial charge in [-0.05, 0) is 42.8 Å². The minimum Gasteiger partial charge on any atom is -0.335 e. The first kappa shape index (κ1) is 17.1. The molecule has 0 N–H and O–H groups in total. The summed E-state index contributed by atoms with van der Waals surface area (Å²) in [6, 6.07) is 11.3. The Hall–Kier alpha value is -2.73. The van der Waals surface area contributed by atoms with Gasteiger partial charge in [0, 0.05) is 12.1 Å². The van der Waals surface area contributed by atoms with Crippen LogP contribution in [0.1, 0.15) is 28.9 Å². The maximum atomic E-state index is 13.9. The summed E-state index contributed by atoms with van der Waals surface area (Å²) in [4.78, 5) is 18.0. The summed E-state index contributed by atoms with van der Waals surface area (Å²) in [6.45, 7) is 1.88. The van der Waals surface area contributed by atoms with Gasteiger partial charge in [0.25, 0.3) is 5.91 Å². The maximum absolute atomic E-state index is 13.9. The number of nitrogens with zero attached hydrogens (tertiary/aromatic N) is 4. The molecule has 0 saturated heterocycles. The Kier molecular flexibility index (Phi) is 4.81. The molecular formula is C18H16ClFN4O. The van der Waals surface area contributed by atoms with Crippen LogP contribution in [0.4, 0.5) is 4.39 Å². The highest BCUT2D eigenvalue weighted by Gasteiger charge is 2.22. The van der Waals surface area contributed by atoms with Gasteiger partial charge in [0.15, 0.2) is 0 Å². The molecule has 1 aromatic heterocycles. The van der Waals surface area contributed by atoms with Crippen LogP contribution in [0, 0.1) is 5.82 Å². The molecule has 128 valence electrons. The number of halogens is 2. The van der Waals surface area contributed by atoms with Crippen LogP contribution in [0.5, 0.6) is 0 Å². The first-order chi connectivity index (χ1) is 12.0. The zero-order valence-corrected chi connectivity index (χ0v) is 14.5. The van der Waals surface area contributed by atoms with Crippen LogP contribution < -0.4 is 0 Å². The normalized spacial score (nSPS) is 12.0. The van der Waals surface area contributed by atoms with Gasteiger partial charge >= 0.3 is 0 Å². The number of aromatic nitrogens is 3. The van der Waals surface area contributed by atoms with Gasteiger partial charge in [0.1, 0.15) is 18.5 Å². The molecule has 0 aliphatic carbocycles. The second kappa shape index (κ2) is 7.03. The van der Waals surface area contributed by atoms with Crippen LogP contribution in [-0.2, 0) is 0 Å². The molecule has 2 aromatic carbocycles. The van der Waals surface area contributed by atoms with E-state index in [2.05, 4.69) is 10.1 Å². The molecule has 1 atom stereocenters. The van der Waals surface area contributed by atoms with Gasteiger partial charge in [0.2, 0.25) is 0 Å². The zero-order valence-electron chi connectivity index (χ0n) is 13.7. The molecule has 5 nitrogen and oxygen atoms in total. The van der Waals surface area contributed by atoms with E-state index in [1.54, 1.807) is 18.1 Å². The summed E-state index contributed by atoms with van der Waals surface area (Å²) in [7, 11) is 1.64. The van der Waals surface area contributed by atoms with Gasteiger partial charge in [0.05, 0.1) is 17.3 Å². The molecule has 0 saturated carbocycles. The van der Waals surface area contributed by atoms with Crippen LogP contribution in [0.15, 0.2) is 55.1 Å². The van der Waals surface area contributed by atoms with Crippen molar-refractivity contribution < 1.29 is 9.18 Å². The fourth-order valence-electron chi connectivity index (χ4n) is 2.50. The Morgan fingerprint density at radius 1 is 1.24 bits per heavy atom. The van der Waals surface area contributed by atoms with Gasteiger partial charge in [-0.3, -0.25) is 4.79 Å². The SMILES string of the molecule is CC(c1ccc(-n2cncn2)cc1)N(C)C(=O)c1cc(Cl)ccc1F. The predicted octanol–water partition coefficient (Wildman–Crippen LogP) is 3.89. The molecule has 0 radical (unpaired) electrons. The highest BCUT2D eigenvalue weighted by Crippen LogP contribution is 2.24. The average molecular weight is 359 g/mol. The second-order valence-corrected chi connectivity index (χ2v) is 6.08. The van der Waals surface area contributed by atoms with Crippen LogP contribution >= 0.6 is 11.6 Å². The van der Waals surface area contributed by atoms with Crippen molar-refractivity contribution in [3.63, 3.8) is 0 Å². The third kappa shape index (κ3) is 3.53. The molecule has 0 bridgehead atoms. The Morgan fingerprint density at radius 2 is 1.96 bits per heavy atom. The molecule has 1 unspecified atom stereocenters. The molecule has 7 heteroatoms. The van der Waals surface area contributed by atoms with Crippen LogP contribution in [0.3, 0.4) is 0 Å². The molecule has 0 aliphatic heterocycles. The summed E-state index contributed by atoms with van der Waals surface area (Å²) < 4.78 is 15.6. The van der Waals surface area contributed by atoms with Crippen molar-refractivity contribution in [3.8, 4) is 5.69 Å². The van der Waals surface area contributed by atoms with Crippen LogP contribution in [-0.4, -0.2) is 32.6 Å². The lowest BCUT2D eigenvalue weighted by molar-refractivity contribution is 0.0738. The van der Waals surface area contributed by atoms with Gasteiger partial charge in [-0.2, -0.15) is 5.10 Å². The number of benzene rings is 2. The monoisotopic (exact) mass is 358 g/mol. The number of carbonyl (C=O) groups is 1. The molecule has 0 aliphatic rings. The Labute approximate surface area is 149 Å². The number of hydrogen-bond donors (Lipinski definition) is 0. The largest absolute Gasteiger partial charge is 0.335 e. The smallest absolute Gasteiger partial charge is 0.257 e. The Bertz CT molecular complexity index is 881. The number of hydrogen-bond acceptors (Lipinski definition) is 3. The lowest BCUT2D eigenvalue weighted by Gasteiger charge is -2.26. The molecular weight excluding hydrogens is 343 g/mol. The highest BCUT2D eigenvalue weighted by atomic mass is 35.5. The van der Waals surface area contributed by atoms with Crippen molar-refractivity contribution in [1.29, 1.82) is 0 Å². The zero-order chi connectivity index (χ0) is 18.0. The summed E-state index contributed by atoms with van der Waals surface area (Å²) >= 11 is 5.88. The summed E-state index contributed by atoms with van der Waals surface area (Å²) in [5.74, 6) is -1.01. The van der Waals surface area contributed by atoms with Gasteiger partial charge in [-0.15, -0.1) is 0 Å². The van der Waals surface area contributed by atoms with Crippen molar-refractivity contribution in [2.75, 3.05) is 7.05 Å². The molecule has 1 amide bonds. The van der Waals surface area contributed by atoms with E-state index >= 15 is 0 Å². The van der Waals surface area contributed by atoms with E-state index in [9.17, 15) is 9.18 Å². The highest BCUT2D eigenvalue weighted by molar-refractivity contribution is 6.31. The lowest BCUT2D eigenvalue weighted by atomic mass is 10.1. The van der Waals surface area contributed by atoms with Gasteiger partial charge in [-0.1, -0.05) is 23.7 Å². The lowest BCUT2D eigenvalue weighted by Crippen LogP contribution is -2.30. The van der Waals surface area contributed by atoms with E-state index in [1.165, 1.54) is 29.4 Å². The molecule has 3 aromatic rings. The maximum Gasteiger partial charge on any atom is 0.257 e. The fourth-order valence-corrected chi connectivity index (χ4v) is 2.67. The number of rotatable bonds is 4. The quantitative estimate of drug-likeness (QED) is 0.711. The van der Waals surface area contributed by atoms with E-state index in [0.29, 0.717) is 5.02 Å².